The summed E-state index contributed by atoms with van der Waals surface area (Å²) in [6.45, 7) is 5.14. The Bertz CT molecular complexity index is 932. The van der Waals surface area contributed by atoms with Crippen LogP contribution in [0.4, 0.5) is 5.95 Å². The normalized spacial score (nSPS) is 15.3. The van der Waals surface area contributed by atoms with Gasteiger partial charge in [-0.3, -0.25) is 20.0 Å². The van der Waals surface area contributed by atoms with Crippen molar-refractivity contribution < 1.29 is 9.53 Å². The summed E-state index contributed by atoms with van der Waals surface area (Å²) in [6.07, 6.45) is 3.67. The van der Waals surface area contributed by atoms with Crippen LogP contribution in [0.1, 0.15) is 5.69 Å². The number of anilines is 1. The van der Waals surface area contributed by atoms with Gasteiger partial charge < -0.3 is 4.74 Å². The van der Waals surface area contributed by atoms with E-state index in [4.69, 9.17) is 4.74 Å². The predicted molar refractivity (Wildman–Crippen MR) is 96.8 cm³/mol. The smallest absolute Gasteiger partial charge is 0.249 e. The highest BCUT2D eigenvalue weighted by Gasteiger charge is 2.15. The van der Waals surface area contributed by atoms with Gasteiger partial charge in [0.1, 0.15) is 0 Å². The molecular weight excluding hydrogens is 332 g/mol. The van der Waals surface area contributed by atoms with Gasteiger partial charge >= 0.3 is 0 Å². The van der Waals surface area contributed by atoms with Crippen LogP contribution in [0.3, 0.4) is 0 Å². The van der Waals surface area contributed by atoms with E-state index in [0.29, 0.717) is 31.4 Å². The number of nitrogens with zero attached hydrogens (tertiary/aromatic N) is 5. The molecule has 0 radical (unpaired) electrons. The summed E-state index contributed by atoms with van der Waals surface area (Å²) in [5.41, 5.74) is 3.67. The lowest BCUT2D eigenvalue weighted by Gasteiger charge is -2.25. The summed E-state index contributed by atoms with van der Waals surface area (Å²) >= 11 is 0. The highest BCUT2D eigenvalue weighted by atomic mass is 16.5. The summed E-state index contributed by atoms with van der Waals surface area (Å²) in [5, 5.41) is 7.14. The maximum atomic E-state index is 12.2. The number of hydrogen-bond donors (Lipinski definition) is 1. The number of carbonyl (C=O) groups is 1. The zero-order valence-corrected chi connectivity index (χ0v) is 14.6. The average molecular weight is 352 g/mol. The fraction of sp³-hybridized carbons (Fsp3) is 0.333. The van der Waals surface area contributed by atoms with Gasteiger partial charge in [-0.05, 0) is 25.1 Å². The van der Waals surface area contributed by atoms with Gasteiger partial charge in [-0.2, -0.15) is 4.98 Å². The van der Waals surface area contributed by atoms with Crippen molar-refractivity contribution in [2.45, 2.75) is 6.92 Å². The summed E-state index contributed by atoms with van der Waals surface area (Å²) < 4.78 is 6.96. The van der Waals surface area contributed by atoms with Gasteiger partial charge in [-0.15, -0.1) is 5.10 Å². The third kappa shape index (κ3) is 3.56. The maximum absolute atomic E-state index is 12.2. The van der Waals surface area contributed by atoms with E-state index in [1.807, 2.05) is 37.4 Å². The number of ether oxygens (including phenoxy) is 1. The van der Waals surface area contributed by atoms with E-state index < -0.39 is 0 Å². The molecule has 3 aromatic heterocycles. The monoisotopic (exact) mass is 352 g/mol. The molecule has 0 unspecified atom stereocenters. The Labute approximate surface area is 150 Å². The summed E-state index contributed by atoms with van der Waals surface area (Å²) in [6, 6.07) is 7.79. The van der Waals surface area contributed by atoms with Gasteiger partial charge in [0.15, 0.2) is 5.65 Å². The van der Waals surface area contributed by atoms with Crippen LogP contribution in [0.25, 0.3) is 16.8 Å². The first-order valence-electron chi connectivity index (χ1n) is 8.57. The third-order valence-corrected chi connectivity index (χ3v) is 4.37. The molecule has 26 heavy (non-hydrogen) atoms. The molecule has 0 atom stereocenters. The van der Waals surface area contributed by atoms with Gasteiger partial charge in [-0.25, -0.2) is 4.52 Å². The number of fused-ring (bicyclic) bond motifs is 1. The maximum Gasteiger partial charge on any atom is 0.249 e. The second-order valence-corrected chi connectivity index (χ2v) is 6.23. The lowest BCUT2D eigenvalue weighted by Crippen LogP contribution is -2.41. The molecule has 1 aliphatic rings. The second kappa shape index (κ2) is 7.19. The van der Waals surface area contributed by atoms with Gasteiger partial charge in [0.05, 0.1) is 19.8 Å². The standard InChI is InChI=1S/C18H20N6O2/c1-13-15(3-2-6-19-13)14-4-5-16-20-18(22-24(16)11-14)21-17(25)12-23-7-9-26-10-8-23/h2-6,11H,7-10,12H2,1H3,(H,21,22,25). The van der Waals surface area contributed by atoms with Crippen LogP contribution in [-0.2, 0) is 9.53 Å². The highest BCUT2D eigenvalue weighted by molar-refractivity contribution is 5.90. The van der Waals surface area contributed by atoms with Crippen LogP contribution in [0.5, 0.6) is 0 Å². The van der Waals surface area contributed by atoms with Crippen molar-refractivity contribution in [3.63, 3.8) is 0 Å². The SMILES string of the molecule is Cc1ncccc1-c1ccc2nc(NC(=O)CN3CCOCC3)nn2c1. The molecule has 0 aliphatic carbocycles. The Morgan fingerprint density at radius 3 is 2.92 bits per heavy atom. The molecule has 0 aromatic carbocycles. The molecule has 0 saturated carbocycles. The third-order valence-electron chi connectivity index (χ3n) is 4.37. The molecule has 4 heterocycles. The fourth-order valence-corrected chi connectivity index (χ4v) is 3.01. The van der Waals surface area contributed by atoms with Crippen molar-refractivity contribution in [1.82, 2.24) is 24.5 Å². The first-order chi connectivity index (χ1) is 12.7. The molecule has 3 aromatic rings. The Kier molecular flexibility index (Phi) is 4.59. The van der Waals surface area contributed by atoms with Gasteiger partial charge in [0.25, 0.3) is 0 Å². The molecule has 0 spiro atoms. The number of aryl methyl sites for hydroxylation is 1. The minimum absolute atomic E-state index is 0.119. The Morgan fingerprint density at radius 2 is 2.12 bits per heavy atom. The van der Waals surface area contributed by atoms with Crippen LogP contribution >= 0.6 is 0 Å². The average Bonchev–Trinajstić information content (AvgIpc) is 3.04. The van der Waals surface area contributed by atoms with Crippen molar-refractivity contribution in [2.24, 2.45) is 0 Å². The molecule has 8 heteroatoms. The first-order valence-corrected chi connectivity index (χ1v) is 8.57. The molecular formula is C18H20N6O2. The number of nitrogens with one attached hydrogen (secondary N) is 1. The number of amides is 1. The minimum Gasteiger partial charge on any atom is -0.379 e. The summed E-state index contributed by atoms with van der Waals surface area (Å²) in [4.78, 5) is 22.9. The van der Waals surface area contributed by atoms with Crippen LogP contribution < -0.4 is 5.32 Å². The van der Waals surface area contributed by atoms with Crippen LogP contribution in [0.2, 0.25) is 0 Å². The van der Waals surface area contributed by atoms with Crippen molar-refractivity contribution in [2.75, 3.05) is 38.2 Å². The molecule has 1 fully saturated rings. The van der Waals surface area contributed by atoms with E-state index in [1.54, 1.807) is 10.7 Å². The van der Waals surface area contributed by atoms with Crippen molar-refractivity contribution in [3.05, 3.63) is 42.4 Å². The zero-order chi connectivity index (χ0) is 17.9. The van der Waals surface area contributed by atoms with Gasteiger partial charge in [-0.1, -0.05) is 6.07 Å². The van der Waals surface area contributed by atoms with Crippen molar-refractivity contribution >= 4 is 17.5 Å². The minimum atomic E-state index is -0.119. The number of aromatic nitrogens is 4. The first kappa shape index (κ1) is 16.6. The zero-order valence-electron chi connectivity index (χ0n) is 14.6. The van der Waals surface area contributed by atoms with E-state index in [1.165, 1.54) is 0 Å². The molecule has 1 N–H and O–H groups in total. The topological polar surface area (TPSA) is 84.7 Å². The highest BCUT2D eigenvalue weighted by Crippen LogP contribution is 2.22. The van der Waals surface area contributed by atoms with Gasteiger partial charge in [0.2, 0.25) is 11.9 Å². The van der Waals surface area contributed by atoms with Crippen molar-refractivity contribution in [3.8, 4) is 11.1 Å². The quantitative estimate of drug-likeness (QED) is 0.763. The Hall–Kier alpha value is -2.84. The molecule has 134 valence electrons. The number of rotatable bonds is 4. The lowest BCUT2D eigenvalue weighted by atomic mass is 10.1. The molecule has 1 aliphatic heterocycles. The predicted octanol–water partition coefficient (Wildman–Crippen LogP) is 1.37. The van der Waals surface area contributed by atoms with E-state index in [2.05, 4.69) is 25.3 Å². The molecule has 1 amide bonds. The number of carbonyl (C=O) groups excluding carboxylic acids is 1. The van der Waals surface area contributed by atoms with E-state index in [0.717, 1.165) is 29.9 Å². The summed E-state index contributed by atoms with van der Waals surface area (Å²) in [5.74, 6) is 0.189. The second-order valence-electron chi connectivity index (χ2n) is 6.23. The largest absolute Gasteiger partial charge is 0.379 e. The van der Waals surface area contributed by atoms with Crippen LogP contribution in [-0.4, -0.2) is 63.2 Å². The number of hydrogen-bond acceptors (Lipinski definition) is 6. The lowest BCUT2D eigenvalue weighted by molar-refractivity contribution is -0.118. The van der Waals surface area contributed by atoms with E-state index in [-0.39, 0.29) is 5.91 Å². The summed E-state index contributed by atoms with van der Waals surface area (Å²) in [7, 11) is 0. The van der Waals surface area contributed by atoms with E-state index >= 15 is 0 Å². The Balaban J connectivity index is 1.50. The van der Waals surface area contributed by atoms with Gasteiger partial charge in [0, 0.05) is 42.3 Å². The number of morpholine rings is 1. The van der Waals surface area contributed by atoms with Crippen molar-refractivity contribution in [1.29, 1.82) is 0 Å². The Morgan fingerprint density at radius 1 is 1.27 bits per heavy atom. The van der Waals surface area contributed by atoms with E-state index in [9.17, 15) is 4.79 Å². The molecule has 8 nitrogen and oxygen atoms in total. The number of pyridine rings is 2. The molecule has 4 rings (SSSR count). The molecule has 0 bridgehead atoms. The fourth-order valence-electron chi connectivity index (χ4n) is 3.01. The van der Waals surface area contributed by atoms with Crippen LogP contribution in [0.15, 0.2) is 36.7 Å². The van der Waals surface area contributed by atoms with Crippen LogP contribution in [0, 0.1) is 6.92 Å². The molecule has 1 saturated heterocycles.